The molecule has 0 spiro atoms. The van der Waals surface area contributed by atoms with Crippen molar-refractivity contribution in [1.82, 2.24) is 9.62 Å². The lowest BCUT2D eigenvalue weighted by Gasteiger charge is -2.26. The van der Waals surface area contributed by atoms with Crippen LogP contribution in [0.15, 0.2) is 33.6 Å². The van der Waals surface area contributed by atoms with Crippen molar-refractivity contribution in [3.8, 4) is 0 Å². The molecular weight excluding hydrogens is 380 g/mol. The molecule has 0 bridgehead atoms. The maximum absolute atomic E-state index is 12.3. The molecule has 1 aromatic carbocycles. The van der Waals surface area contributed by atoms with Gasteiger partial charge in [0.1, 0.15) is 0 Å². The van der Waals surface area contributed by atoms with Gasteiger partial charge in [-0.1, -0.05) is 12.1 Å². The minimum atomic E-state index is -3.35. The molecule has 1 fully saturated rings. The van der Waals surface area contributed by atoms with E-state index in [2.05, 4.69) is 21.2 Å². The highest BCUT2D eigenvalue weighted by molar-refractivity contribution is 9.10. The summed E-state index contributed by atoms with van der Waals surface area (Å²) < 4.78 is 26.7. The number of hydrogen-bond acceptors (Lipinski definition) is 5. The first-order valence-corrected chi connectivity index (χ1v) is 8.41. The van der Waals surface area contributed by atoms with Gasteiger partial charge in [-0.2, -0.15) is 4.31 Å². The first-order chi connectivity index (χ1) is 10.3. The molecule has 122 valence electrons. The van der Waals surface area contributed by atoms with E-state index in [1.807, 2.05) is 0 Å². The molecule has 1 aliphatic heterocycles. The smallest absolute Gasteiger partial charge is 0.414 e. The zero-order chi connectivity index (χ0) is 16.8. The number of nitrogens with zero attached hydrogens (tertiary/aromatic N) is 1. The van der Waals surface area contributed by atoms with Crippen molar-refractivity contribution in [2.75, 3.05) is 26.2 Å². The average Bonchev–Trinajstić information content (AvgIpc) is 2.49. The summed E-state index contributed by atoms with van der Waals surface area (Å²) in [6, 6.07) is 6.91. The van der Waals surface area contributed by atoms with Crippen molar-refractivity contribution < 1.29 is 28.2 Å². The summed E-state index contributed by atoms with van der Waals surface area (Å²) in [6.07, 6.45) is 0. The zero-order valence-electron chi connectivity index (χ0n) is 11.4. The molecule has 0 atom stereocenters. The molecule has 8 nitrogen and oxygen atoms in total. The summed E-state index contributed by atoms with van der Waals surface area (Å²) in [5.74, 6) is -3.65. The molecule has 3 N–H and O–H groups in total. The van der Waals surface area contributed by atoms with Gasteiger partial charge in [-0.15, -0.1) is 0 Å². The number of sulfonamides is 1. The third-order valence-corrected chi connectivity index (χ3v) is 5.62. The minimum absolute atomic E-state index is 0.344. The summed E-state index contributed by atoms with van der Waals surface area (Å²) in [7, 11) is -3.35. The molecule has 0 radical (unpaired) electrons. The van der Waals surface area contributed by atoms with Gasteiger partial charge >= 0.3 is 11.9 Å². The molecule has 0 aromatic heterocycles. The molecule has 22 heavy (non-hydrogen) atoms. The second kappa shape index (κ2) is 8.22. The predicted molar refractivity (Wildman–Crippen MR) is 81.0 cm³/mol. The van der Waals surface area contributed by atoms with E-state index in [1.165, 1.54) is 4.31 Å². The van der Waals surface area contributed by atoms with Gasteiger partial charge in [-0.25, -0.2) is 18.0 Å². The van der Waals surface area contributed by atoms with Gasteiger partial charge in [0.05, 0.1) is 4.90 Å². The van der Waals surface area contributed by atoms with E-state index < -0.39 is 22.0 Å². The molecule has 10 heteroatoms. The third kappa shape index (κ3) is 5.05. The highest BCUT2D eigenvalue weighted by Gasteiger charge is 2.27. The maximum atomic E-state index is 12.3. The fourth-order valence-corrected chi connectivity index (χ4v) is 4.08. The highest BCUT2D eigenvalue weighted by Crippen LogP contribution is 2.24. The molecule has 1 heterocycles. The van der Waals surface area contributed by atoms with Crippen molar-refractivity contribution in [3.05, 3.63) is 28.7 Å². The number of carboxylic acid groups (broad SMARTS) is 2. The molecule has 1 aliphatic rings. The largest absolute Gasteiger partial charge is 0.473 e. The SMILES string of the molecule is O=C(O)C(=O)O.O=S(=O)(c1ccccc1Br)N1CCNCC1. The fraction of sp³-hybridized carbons (Fsp3) is 0.333. The summed E-state index contributed by atoms with van der Waals surface area (Å²) in [4.78, 5) is 18.5. The lowest BCUT2D eigenvalue weighted by Crippen LogP contribution is -2.46. The third-order valence-electron chi connectivity index (χ3n) is 2.71. The van der Waals surface area contributed by atoms with Gasteiger partial charge in [0.15, 0.2) is 0 Å². The molecule has 0 saturated carbocycles. The normalized spacial score (nSPS) is 15.5. The molecule has 0 aliphatic carbocycles. The Hall–Kier alpha value is -1.49. The number of carboxylic acids is 2. The van der Waals surface area contributed by atoms with Crippen LogP contribution in [0.4, 0.5) is 0 Å². The van der Waals surface area contributed by atoms with Crippen molar-refractivity contribution in [3.63, 3.8) is 0 Å². The number of aliphatic carboxylic acids is 2. The number of hydrogen-bond donors (Lipinski definition) is 3. The van der Waals surface area contributed by atoms with Crippen molar-refractivity contribution >= 4 is 37.9 Å². The Labute approximate surface area is 135 Å². The van der Waals surface area contributed by atoms with Gasteiger partial charge in [-0.3, -0.25) is 0 Å². The average molecular weight is 395 g/mol. The Balaban J connectivity index is 0.000000346. The van der Waals surface area contributed by atoms with Gasteiger partial charge in [0.2, 0.25) is 10.0 Å². The van der Waals surface area contributed by atoms with E-state index >= 15 is 0 Å². The predicted octanol–water partition coefficient (Wildman–Crippen LogP) is 0.199. The van der Waals surface area contributed by atoms with Crippen molar-refractivity contribution in [2.45, 2.75) is 4.90 Å². The monoisotopic (exact) mass is 394 g/mol. The zero-order valence-corrected chi connectivity index (χ0v) is 13.8. The van der Waals surface area contributed by atoms with Gasteiger partial charge in [-0.05, 0) is 28.1 Å². The lowest BCUT2D eigenvalue weighted by molar-refractivity contribution is -0.159. The molecule has 1 aromatic rings. The lowest BCUT2D eigenvalue weighted by atomic mass is 10.4. The van der Waals surface area contributed by atoms with Crippen LogP contribution in [0.25, 0.3) is 0 Å². The number of halogens is 1. The van der Waals surface area contributed by atoms with Gasteiger partial charge < -0.3 is 15.5 Å². The van der Waals surface area contributed by atoms with Crippen LogP contribution in [0.2, 0.25) is 0 Å². The van der Waals surface area contributed by atoms with Crippen molar-refractivity contribution in [1.29, 1.82) is 0 Å². The summed E-state index contributed by atoms with van der Waals surface area (Å²) in [5.41, 5.74) is 0. The Kier molecular flexibility index (Phi) is 6.94. The van der Waals surface area contributed by atoms with Crippen LogP contribution in [0.3, 0.4) is 0 Å². The minimum Gasteiger partial charge on any atom is -0.473 e. The number of benzene rings is 1. The maximum Gasteiger partial charge on any atom is 0.414 e. The summed E-state index contributed by atoms with van der Waals surface area (Å²) in [6.45, 7) is 2.49. The molecular formula is C12H15BrN2O6S. The summed E-state index contributed by atoms with van der Waals surface area (Å²) >= 11 is 3.28. The second-order valence-corrected chi connectivity index (χ2v) is 6.96. The number of nitrogens with one attached hydrogen (secondary N) is 1. The molecule has 2 rings (SSSR count). The van der Waals surface area contributed by atoms with Crippen LogP contribution in [0, 0.1) is 0 Å². The van der Waals surface area contributed by atoms with Crippen LogP contribution in [0.5, 0.6) is 0 Å². The fourth-order valence-electron chi connectivity index (χ4n) is 1.68. The molecule has 0 unspecified atom stereocenters. The molecule has 1 saturated heterocycles. The topological polar surface area (TPSA) is 124 Å². The van der Waals surface area contributed by atoms with Gasteiger partial charge in [0, 0.05) is 30.7 Å². The first-order valence-electron chi connectivity index (χ1n) is 6.18. The molecule has 0 amide bonds. The van der Waals surface area contributed by atoms with E-state index in [-0.39, 0.29) is 0 Å². The van der Waals surface area contributed by atoms with Crippen molar-refractivity contribution in [2.24, 2.45) is 0 Å². The van der Waals surface area contributed by atoms with Crippen LogP contribution in [-0.2, 0) is 19.6 Å². The Bertz CT molecular complexity index is 631. The van der Waals surface area contributed by atoms with E-state index in [0.717, 1.165) is 0 Å². The second-order valence-electron chi connectivity index (χ2n) is 4.19. The Morgan fingerprint density at radius 3 is 2.05 bits per heavy atom. The van der Waals surface area contributed by atoms with E-state index in [1.54, 1.807) is 24.3 Å². The van der Waals surface area contributed by atoms with Crippen LogP contribution in [0.1, 0.15) is 0 Å². The Morgan fingerprint density at radius 1 is 1.09 bits per heavy atom. The van der Waals surface area contributed by atoms with E-state index in [0.29, 0.717) is 35.5 Å². The summed E-state index contributed by atoms with van der Waals surface area (Å²) in [5, 5.41) is 17.9. The highest BCUT2D eigenvalue weighted by atomic mass is 79.9. The van der Waals surface area contributed by atoms with E-state index in [9.17, 15) is 8.42 Å². The van der Waals surface area contributed by atoms with Crippen LogP contribution >= 0.6 is 15.9 Å². The quantitative estimate of drug-likeness (QED) is 0.611. The van der Waals surface area contributed by atoms with Gasteiger partial charge in [0.25, 0.3) is 0 Å². The Morgan fingerprint density at radius 2 is 1.59 bits per heavy atom. The van der Waals surface area contributed by atoms with Crippen LogP contribution < -0.4 is 5.32 Å². The first kappa shape index (κ1) is 18.6. The number of rotatable bonds is 2. The van der Waals surface area contributed by atoms with E-state index in [4.69, 9.17) is 19.8 Å². The number of piperazine rings is 1. The van der Waals surface area contributed by atoms with Crippen LogP contribution in [-0.4, -0.2) is 61.1 Å². The number of carbonyl (C=O) groups is 2. The standard InChI is InChI=1S/C10H13BrN2O2S.C2H2O4/c11-9-3-1-2-4-10(9)16(14,15)13-7-5-12-6-8-13;3-1(4)2(5)6/h1-4,12H,5-8H2;(H,3,4)(H,5,6).